The molecule has 0 aliphatic carbocycles. The van der Waals surface area contributed by atoms with E-state index in [9.17, 15) is 14.9 Å². The number of nitrogens with zero attached hydrogens (tertiary/aromatic N) is 3. The van der Waals surface area contributed by atoms with E-state index in [0.717, 1.165) is 33.3 Å². The van der Waals surface area contributed by atoms with E-state index in [1.54, 1.807) is 35.8 Å². The summed E-state index contributed by atoms with van der Waals surface area (Å²) in [7, 11) is 1.55. The lowest BCUT2D eigenvalue weighted by Gasteiger charge is -2.11. The first-order chi connectivity index (χ1) is 16.8. The molecule has 5 rings (SSSR count). The molecule has 35 heavy (non-hydrogen) atoms. The summed E-state index contributed by atoms with van der Waals surface area (Å²) >= 11 is 1.35. The molecule has 0 aliphatic rings. The number of ether oxygens (including phenoxy) is 2. The van der Waals surface area contributed by atoms with E-state index in [4.69, 9.17) is 9.47 Å². The average molecular weight is 488 g/mol. The molecule has 0 amide bonds. The minimum absolute atomic E-state index is 0.0308. The topological polar surface area (TPSA) is 96.0 Å². The predicted molar refractivity (Wildman–Crippen MR) is 136 cm³/mol. The van der Waals surface area contributed by atoms with Crippen LogP contribution in [0.5, 0.6) is 11.5 Å². The van der Waals surface area contributed by atoms with E-state index in [2.05, 4.69) is 4.98 Å². The van der Waals surface area contributed by atoms with Crippen molar-refractivity contribution >= 4 is 39.1 Å². The van der Waals surface area contributed by atoms with E-state index < -0.39 is 4.92 Å². The predicted octanol–water partition coefficient (Wildman–Crippen LogP) is 4.57. The number of rotatable bonds is 6. The maximum Gasteiger partial charge on any atom is 0.274 e. The van der Waals surface area contributed by atoms with Crippen LogP contribution in [0.1, 0.15) is 22.3 Å². The zero-order valence-corrected chi connectivity index (χ0v) is 20.1. The van der Waals surface area contributed by atoms with E-state index in [1.807, 2.05) is 38.1 Å². The number of fused-ring (bicyclic) bond motifs is 3. The number of thiazole rings is 1. The third-order valence-electron chi connectivity index (χ3n) is 5.88. The molecule has 3 aromatic carbocycles. The van der Waals surface area contributed by atoms with Gasteiger partial charge in [0.25, 0.3) is 11.2 Å². The summed E-state index contributed by atoms with van der Waals surface area (Å²) in [6, 6.07) is 15.6. The van der Waals surface area contributed by atoms with Gasteiger partial charge in [0.05, 0.1) is 27.6 Å². The second-order valence-corrected chi connectivity index (χ2v) is 9.20. The maximum absolute atomic E-state index is 13.2. The number of methoxy groups -OCH3 is 1. The summed E-state index contributed by atoms with van der Waals surface area (Å²) in [5, 5.41) is 10.8. The molecule has 0 unspecified atom stereocenters. The lowest BCUT2D eigenvalue weighted by atomic mass is 10.1. The van der Waals surface area contributed by atoms with Crippen LogP contribution in [-0.2, 0) is 6.61 Å². The Morgan fingerprint density at radius 2 is 1.80 bits per heavy atom. The first kappa shape index (κ1) is 22.5. The zero-order valence-electron chi connectivity index (χ0n) is 19.3. The molecular weight excluding hydrogens is 466 g/mol. The number of hydrogen-bond donors (Lipinski definition) is 0. The highest BCUT2D eigenvalue weighted by Crippen LogP contribution is 2.29. The van der Waals surface area contributed by atoms with Crippen molar-refractivity contribution in [3.05, 3.63) is 102 Å². The van der Waals surface area contributed by atoms with Crippen LogP contribution in [0, 0.1) is 24.0 Å². The fourth-order valence-corrected chi connectivity index (χ4v) is 4.82. The fraction of sp³-hybridized carbons (Fsp3) is 0.154. The highest BCUT2D eigenvalue weighted by atomic mass is 32.1. The van der Waals surface area contributed by atoms with Crippen molar-refractivity contribution in [2.45, 2.75) is 20.5 Å². The summed E-state index contributed by atoms with van der Waals surface area (Å²) < 4.78 is 13.6. The van der Waals surface area contributed by atoms with Crippen LogP contribution in [0.25, 0.3) is 22.1 Å². The van der Waals surface area contributed by atoms with E-state index >= 15 is 0 Å². The molecule has 8 nitrogen and oxygen atoms in total. The fourth-order valence-electron chi connectivity index (χ4n) is 3.84. The lowest BCUT2D eigenvalue weighted by molar-refractivity contribution is -0.384. The monoisotopic (exact) mass is 487 g/mol. The average Bonchev–Trinajstić information content (AvgIpc) is 3.34. The molecule has 0 fully saturated rings. The van der Waals surface area contributed by atoms with Crippen LogP contribution in [0.15, 0.2) is 59.4 Å². The molecule has 2 heterocycles. The molecule has 0 bridgehead atoms. The summed E-state index contributed by atoms with van der Waals surface area (Å²) in [6.45, 7) is 4.29. The standard InChI is InChI=1S/C26H21N3O5S/c1-15-10-20-21(11-16(15)2)28-25(30)24(35-26(28)27-20)13-18-6-9-22(23(12-18)33-3)34-14-17-4-7-19(8-5-17)29(31)32/h4-13H,14H2,1-3H3/b24-13-. The third kappa shape index (κ3) is 4.22. The van der Waals surface area contributed by atoms with Crippen molar-refractivity contribution < 1.29 is 14.4 Å². The molecule has 5 aromatic rings. The van der Waals surface area contributed by atoms with Gasteiger partial charge < -0.3 is 9.47 Å². The first-order valence-corrected chi connectivity index (χ1v) is 11.6. The highest BCUT2D eigenvalue weighted by molar-refractivity contribution is 7.15. The number of benzene rings is 3. The van der Waals surface area contributed by atoms with Gasteiger partial charge >= 0.3 is 0 Å². The van der Waals surface area contributed by atoms with Crippen LogP contribution in [0.3, 0.4) is 0 Å². The smallest absolute Gasteiger partial charge is 0.274 e. The van der Waals surface area contributed by atoms with Gasteiger partial charge in [0, 0.05) is 12.1 Å². The Morgan fingerprint density at radius 1 is 1.06 bits per heavy atom. The molecule has 176 valence electrons. The Balaban J connectivity index is 1.44. The zero-order chi connectivity index (χ0) is 24.7. The van der Waals surface area contributed by atoms with E-state index in [1.165, 1.54) is 23.5 Å². The largest absolute Gasteiger partial charge is 0.493 e. The van der Waals surface area contributed by atoms with Gasteiger partial charge in [-0.1, -0.05) is 17.4 Å². The van der Waals surface area contributed by atoms with E-state index in [0.29, 0.717) is 21.0 Å². The van der Waals surface area contributed by atoms with Crippen molar-refractivity contribution in [3.8, 4) is 11.5 Å². The molecule has 2 aromatic heterocycles. The van der Waals surface area contributed by atoms with Gasteiger partial charge in [-0.05, 0) is 78.6 Å². The second-order valence-electron chi connectivity index (χ2n) is 8.19. The minimum atomic E-state index is -0.439. The van der Waals surface area contributed by atoms with Crippen LogP contribution in [-0.4, -0.2) is 21.4 Å². The molecule has 0 spiro atoms. The summed E-state index contributed by atoms with van der Waals surface area (Å²) in [5.41, 5.74) is 5.41. The molecule has 9 heteroatoms. The SMILES string of the molecule is COc1cc(/C=c2\sc3nc4cc(C)c(C)cc4n3c2=O)ccc1OCc1ccc([N+](=O)[O-])cc1. The molecule has 0 aliphatic heterocycles. The van der Waals surface area contributed by atoms with Crippen LogP contribution < -0.4 is 19.6 Å². The molecule has 0 saturated heterocycles. The second kappa shape index (κ2) is 8.84. The van der Waals surface area contributed by atoms with Crippen molar-refractivity contribution in [1.82, 2.24) is 9.38 Å². The van der Waals surface area contributed by atoms with Crippen molar-refractivity contribution in [1.29, 1.82) is 0 Å². The minimum Gasteiger partial charge on any atom is -0.493 e. The molecule has 0 atom stereocenters. The van der Waals surface area contributed by atoms with Gasteiger partial charge in [-0.15, -0.1) is 0 Å². The number of aryl methyl sites for hydroxylation is 2. The summed E-state index contributed by atoms with van der Waals surface area (Å²) in [4.78, 5) is 28.8. The molecule has 0 N–H and O–H groups in total. The molecule has 0 saturated carbocycles. The van der Waals surface area contributed by atoms with Crippen molar-refractivity contribution in [2.75, 3.05) is 7.11 Å². The Labute approximate surface area is 203 Å². The Morgan fingerprint density at radius 3 is 2.51 bits per heavy atom. The number of imidazole rings is 1. The van der Waals surface area contributed by atoms with Gasteiger partial charge in [0.1, 0.15) is 6.61 Å². The van der Waals surface area contributed by atoms with Gasteiger partial charge in [0.15, 0.2) is 16.5 Å². The maximum atomic E-state index is 13.2. The normalized spacial score (nSPS) is 11.9. The number of hydrogen-bond acceptors (Lipinski definition) is 7. The van der Waals surface area contributed by atoms with Gasteiger partial charge in [-0.3, -0.25) is 14.9 Å². The highest BCUT2D eigenvalue weighted by Gasteiger charge is 2.13. The molecule has 0 radical (unpaired) electrons. The van der Waals surface area contributed by atoms with Crippen LogP contribution in [0.4, 0.5) is 5.69 Å². The van der Waals surface area contributed by atoms with Crippen molar-refractivity contribution in [3.63, 3.8) is 0 Å². The Bertz CT molecular complexity index is 1700. The quantitative estimate of drug-likeness (QED) is 0.257. The molecular formula is C26H21N3O5S. The van der Waals surface area contributed by atoms with Crippen LogP contribution >= 0.6 is 11.3 Å². The van der Waals surface area contributed by atoms with E-state index in [-0.39, 0.29) is 17.9 Å². The summed E-state index contributed by atoms with van der Waals surface area (Å²) in [6.07, 6.45) is 1.82. The van der Waals surface area contributed by atoms with Gasteiger partial charge in [0.2, 0.25) is 0 Å². The van der Waals surface area contributed by atoms with Gasteiger partial charge in [-0.2, -0.15) is 0 Å². The lowest BCUT2D eigenvalue weighted by Crippen LogP contribution is -2.22. The van der Waals surface area contributed by atoms with Crippen LogP contribution in [0.2, 0.25) is 0 Å². The number of nitro benzene ring substituents is 1. The summed E-state index contributed by atoms with van der Waals surface area (Å²) in [5.74, 6) is 1.05. The van der Waals surface area contributed by atoms with Crippen molar-refractivity contribution in [2.24, 2.45) is 0 Å². The number of nitro groups is 1. The number of aromatic nitrogens is 2. The Hall–Kier alpha value is -4.24. The first-order valence-electron chi connectivity index (χ1n) is 10.8. The number of non-ortho nitro benzene ring substituents is 1. The third-order valence-corrected chi connectivity index (χ3v) is 6.85. The Kier molecular flexibility index (Phi) is 5.70. The van der Waals surface area contributed by atoms with Gasteiger partial charge in [-0.25, -0.2) is 9.38 Å².